The van der Waals surface area contributed by atoms with E-state index in [1.54, 1.807) is 0 Å². The molecule has 19 heavy (non-hydrogen) atoms. The Labute approximate surface area is 114 Å². The summed E-state index contributed by atoms with van der Waals surface area (Å²) in [7, 11) is 0. The highest BCUT2D eigenvalue weighted by Gasteiger charge is 2.20. The van der Waals surface area contributed by atoms with E-state index >= 15 is 0 Å². The molecule has 1 fully saturated rings. The molecule has 0 unspecified atom stereocenters. The molecule has 1 aromatic heterocycles. The van der Waals surface area contributed by atoms with Crippen molar-refractivity contribution >= 4 is 10.9 Å². The molecule has 1 heterocycles. The highest BCUT2D eigenvalue weighted by atomic mass is 15.0. The number of para-hydroxylation sites is 1. The zero-order valence-electron chi connectivity index (χ0n) is 11.4. The van der Waals surface area contributed by atoms with Gasteiger partial charge in [-0.25, -0.2) is 0 Å². The average Bonchev–Trinajstić information content (AvgIpc) is 3.20. The number of nitrogens with one attached hydrogen (secondary N) is 1. The van der Waals surface area contributed by atoms with Gasteiger partial charge in [-0.15, -0.1) is 11.8 Å². The number of aromatic nitrogens is 1. The van der Waals surface area contributed by atoms with Crippen molar-refractivity contribution in [2.24, 2.45) is 0 Å². The quantitative estimate of drug-likeness (QED) is 0.808. The van der Waals surface area contributed by atoms with E-state index in [9.17, 15) is 0 Å². The Hall–Kier alpha value is -1.72. The van der Waals surface area contributed by atoms with E-state index in [-0.39, 0.29) is 0 Å². The standard InChI is InChI=1S/C17H20N2/c1-2-3-6-11-19-16(13-18-15-9-10-15)12-14-7-4-5-8-17(14)19/h4-5,7-8,12,15,18H,6,9-11,13H2,1H3. The van der Waals surface area contributed by atoms with Crippen molar-refractivity contribution in [2.75, 3.05) is 0 Å². The molecule has 1 aromatic carbocycles. The number of hydrogen-bond donors (Lipinski definition) is 1. The Morgan fingerprint density at radius 3 is 2.95 bits per heavy atom. The van der Waals surface area contributed by atoms with Gasteiger partial charge in [0, 0.05) is 36.8 Å². The summed E-state index contributed by atoms with van der Waals surface area (Å²) in [5.41, 5.74) is 2.71. The fourth-order valence-corrected chi connectivity index (χ4v) is 2.51. The Balaban J connectivity index is 1.87. The first-order chi connectivity index (χ1) is 9.38. The number of benzene rings is 1. The number of nitrogens with zero attached hydrogens (tertiary/aromatic N) is 1. The minimum atomic E-state index is 0.752. The molecule has 0 amide bonds. The zero-order chi connectivity index (χ0) is 13.1. The third-order valence-electron chi connectivity index (χ3n) is 3.68. The molecular weight excluding hydrogens is 232 g/mol. The van der Waals surface area contributed by atoms with Crippen molar-refractivity contribution in [2.45, 2.75) is 45.3 Å². The van der Waals surface area contributed by atoms with Gasteiger partial charge in [-0.3, -0.25) is 0 Å². The molecule has 1 aliphatic rings. The lowest BCUT2D eigenvalue weighted by Crippen LogP contribution is -2.18. The molecule has 3 rings (SSSR count). The van der Waals surface area contributed by atoms with Crippen LogP contribution in [0, 0.1) is 11.8 Å². The molecule has 0 atom stereocenters. The van der Waals surface area contributed by atoms with E-state index in [0.717, 1.165) is 25.6 Å². The van der Waals surface area contributed by atoms with Crippen LogP contribution in [0.4, 0.5) is 0 Å². The first-order valence-electron chi connectivity index (χ1n) is 7.08. The molecule has 1 aliphatic carbocycles. The second-order valence-corrected chi connectivity index (χ2v) is 5.18. The molecule has 2 aromatic rings. The lowest BCUT2D eigenvalue weighted by molar-refractivity contribution is 0.624. The van der Waals surface area contributed by atoms with Crippen LogP contribution in [0.3, 0.4) is 0 Å². The summed E-state index contributed by atoms with van der Waals surface area (Å²) in [6.07, 6.45) is 3.59. The van der Waals surface area contributed by atoms with Crippen molar-refractivity contribution in [3.05, 3.63) is 36.0 Å². The van der Waals surface area contributed by atoms with Gasteiger partial charge in [0.2, 0.25) is 0 Å². The maximum absolute atomic E-state index is 3.61. The van der Waals surface area contributed by atoms with Gasteiger partial charge in [-0.1, -0.05) is 18.2 Å². The SMILES string of the molecule is CC#CCCn1c(CNC2CC2)cc2ccccc21. The largest absolute Gasteiger partial charge is 0.342 e. The van der Waals surface area contributed by atoms with Crippen LogP contribution < -0.4 is 5.32 Å². The number of hydrogen-bond acceptors (Lipinski definition) is 1. The van der Waals surface area contributed by atoms with E-state index in [2.05, 4.69) is 52.1 Å². The van der Waals surface area contributed by atoms with Gasteiger partial charge in [0.15, 0.2) is 0 Å². The minimum absolute atomic E-state index is 0.752. The van der Waals surface area contributed by atoms with Gasteiger partial charge in [0.1, 0.15) is 0 Å². The summed E-state index contributed by atoms with van der Waals surface area (Å²) in [5, 5.41) is 4.94. The van der Waals surface area contributed by atoms with Crippen LogP contribution in [-0.2, 0) is 13.1 Å². The smallest absolute Gasteiger partial charge is 0.0483 e. The van der Waals surface area contributed by atoms with Crippen molar-refractivity contribution in [1.82, 2.24) is 9.88 Å². The Morgan fingerprint density at radius 2 is 2.16 bits per heavy atom. The predicted molar refractivity (Wildman–Crippen MR) is 79.9 cm³/mol. The lowest BCUT2D eigenvalue weighted by atomic mass is 10.2. The topological polar surface area (TPSA) is 17.0 Å². The summed E-state index contributed by atoms with van der Waals surface area (Å²) < 4.78 is 2.41. The second kappa shape index (κ2) is 5.50. The summed E-state index contributed by atoms with van der Waals surface area (Å²) in [6, 6.07) is 11.7. The Bertz CT molecular complexity index is 623. The zero-order valence-corrected chi connectivity index (χ0v) is 11.4. The van der Waals surface area contributed by atoms with Gasteiger partial charge >= 0.3 is 0 Å². The lowest BCUT2D eigenvalue weighted by Gasteiger charge is -2.09. The molecule has 1 N–H and O–H groups in total. The van der Waals surface area contributed by atoms with Crippen LogP contribution in [0.25, 0.3) is 10.9 Å². The van der Waals surface area contributed by atoms with Gasteiger partial charge in [0.05, 0.1) is 0 Å². The summed E-state index contributed by atoms with van der Waals surface area (Å²) in [4.78, 5) is 0. The monoisotopic (exact) mass is 252 g/mol. The van der Waals surface area contributed by atoms with E-state index in [4.69, 9.17) is 0 Å². The van der Waals surface area contributed by atoms with Crippen LogP contribution >= 0.6 is 0 Å². The predicted octanol–water partition coefficient (Wildman–Crippen LogP) is 3.31. The van der Waals surface area contributed by atoms with Crippen molar-refractivity contribution in [3.63, 3.8) is 0 Å². The molecule has 2 nitrogen and oxygen atoms in total. The fourth-order valence-electron chi connectivity index (χ4n) is 2.51. The molecule has 98 valence electrons. The van der Waals surface area contributed by atoms with E-state index in [1.165, 1.54) is 29.4 Å². The molecule has 0 spiro atoms. The molecule has 0 saturated heterocycles. The second-order valence-electron chi connectivity index (χ2n) is 5.18. The highest BCUT2D eigenvalue weighted by Crippen LogP contribution is 2.23. The van der Waals surface area contributed by atoms with Gasteiger partial charge < -0.3 is 9.88 Å². The number of aryl methyl sites for hydroxylation is 1. The average molecular weight is 252 g/mol. The van der Waals surface area contributed by atoms with Gasteiger partial charge in [-0.2, -0.15) is 0 Å². The summed E-state index contributed by atoms with van der Waals surface area (Å²) in [5.74, 6) is 6.14. The summed E-state index contributed by atoms with van der Waals surface area (Å²) in [6.45, 7) is 3.86. The third kappa shape index (κ3) is 2.83. The Kier molecular flexibility index (Phi) is 3.57. The van der Waals surface area contributed by atoms with Crippen molar-refractivity contribution < 1.29 is 0 Å². The normalized spacial score (nSPS) is 14.4. The molecular formula is C17H20N2. The van der Waals surface area contributed by atoms with Crippen LogP contribution in [0.15, 0.2) is 30.3 Å². The first-order valence-corrected chi connectivity index (χ1v) is 7.08. The van der Waals surface area contributed by atoms with Gasteiger partial charge in [0.25, 0.3) is 0 Å². The number of fused-ring (bicyclic) bond motifs is 1. The molecule has 0 aliphatic heterocycles. The van der Waals surface area contributed by atoms with E-state index < -0.39 is 0 Å². The number of rotatable bonds is 5. The van der Waals surface area contributed by atoms with Crippen LogP contribution in [-0.4, -0.2) is 10.6 Å². The molecule has 0 radical (unpaired) electrons. The maximum Gasteiger partial charge on any atom is 0.0483 e. The molecule has 1 saturated carbocycles. The van der Waals surface area contributed by atoms with Crippen LogP contribution in [0.5, 0.6) is 0 Å². The van der Waals surface area contributed by atoms with Crippen molar-refractivity contribution in [1.29, 1.82) is 0 Å². The van der Waals surface area contributed by atoms with E-state index in [1.807, 2.05) is 6.92 Å². The Morgan fingerprint density at radius 1 is 1.32 bits per heavy atom. The highest BCUT2D eigenvalue weighted by molar-refractivity contribution is 5.81. The van der Waals surface area contributed by atoms with Gasteiger partial charge in [-0.05, 0) is 37.3 Å². The maximum atomic E-state index is 3.61. The third-order valence-corrected chi connectivity index (χ3v) is 3.68. The van der Waals surface area contributed by atoms with Crippen LogP contribution in [0.2, 0.25) is 0 Å². The minimum Gasteiger partial charge on any atom is -0.342 e. The summed E-state index contributed by atoms with van der Waals surface area (Å²) >= 11 is 0. The van der Waals surface area contributed by atoms with Crippen molar-refractivity contribution in [3.8, 4) is 11.8 Å². The molecule has 2 heteroatoms. The van der Waals surface area contributed by atoms with Crippen LogP contribution in [0.1, 0.15) is 31.9 Å². The molecule has 0 bridgehead atoms. The fraction of sp³-hybridized carbons (Fsp3) is 0.412. The van der Waals surface area contributed by atoms with E-state index in [0.29, 0.717) is 0 Å². The first kappa shape index (κ1) is 12.3.